The van der Waals surface area contributed by atoms with Gasteiger partial charge in [0.25, 0.3) is 11.6 Å². The molecule has 2 aromatic carbocycles. The smallest absolute Gasteiger partial charge is 0.270 e. The molecule has 1 aliphatic heterocycles. The summed E-state index contributed by atoms with van der Waals surface area (Å²) < 4.78 is 37.9. The zero-order valence-corrected chi connectivity index (χ0v) is 13.0. The topological polar surface area (TPSA) is 91.3 Å². The molecule has 0 saturated carbocycles. The number of non-ortho nitro benzene ring substituents is 1. The normalized spacial score (nSPS) is 12.9. The molecule has 0 amide bonds. The molecule has 0 saturated heterocycles. The number of ether oxygens (including phenoxy) is 1. The Labute approximate surface area is 144 Å². The molecule has 130 valence electrons. The van der Waals surface area contributed by atoms with E-state index in [1.54, 1.807) is 6.08 Å². The molecule has 0 radical (unpaired) electrons. The molecular formula is C17H9F2N3O4. The van der Waals surface area contributed by atoms with Gasteiger partial charge in [-0.3, -0.25) is 10.1 Å². The third kappa shape index (κ3) is 2.79. The molecule has 3 aromatic rings. The van der Waals surface area contributed by atoms with Crippen molar-refractivity contribution in [2.75, 3.05) is 6.61 Å². The van der Waals surface area contributed by atoms with Gasteiger partial charge < -0.3 is 9.26 Å². The van der Waals surface area contributed by atoms with Gasteiger partial charge in [0.15, 0.2) is 0 Å². The van der Waals surface area contributed by atoms with E-state index in [1.165, 1.54) is 18.2 Å². The molecule has 0 unspecified atom stereocenters. The third-order valence-corrected chi connectivity index (χ3v) is 3.79. The standard InChI is InChI=1S/C17H9F2N3O4/c18-11-1-4-15-9(6-11)5-10(8-25-15)16-20-17(26-21-16)13-7-12(22(23)24)2-3-14(13)19/h1-7H,8H2. The molecule has 9 heteroatoms. The first-order valence-electron chi connectivity index (χ1n) is 7.42. The van der Waals surface area contributed by atoms with Gasteiger partial charge in [-0.05, 0) is 30.3 Å². The number of hydrogen-bond donors (Lipinski definition) is 0. The van der Waals surface area contributed by atoms with E-state index in [0.717, 1.165) is 18.2 Å². The minimum atomic E-state index is -0.730. The Morgan fingerprint density at radius 2 is 2.00 bits per heavy atom. The highest BCUT2D eigenvalue weighted by atomic mass is 19.1. The van der Waals surface area contributed by atoms with Crippen LogP contribution in [0.2, 0.25) is 0 Å². The largest absolute Gasteiger partial charge is 0.488 e. The molecular weight excluding hydrogens is 348 g/mol. The maximum atomic E-state index is 14.0. The summed E-state index contributed by atoms with van der Waals surface area (Å²) in [5.74, 6) is -0.707. The van der Waals surface area contributed by atoms with Gasteiger partial charge in [0.1, 0.15) is 24.0 Å². The summed E-state index contributed by atoms with van der Waals surface area (Å²) in [4.78, 5) is 14.3. The van der Waals surface area contributed by atoms with Gasteiger partial charge in [-0.1, -0.05) is 5.16 Å². The minimum Gasteiger partial charge on any atom is -0.488 e. The van der Waals surface area contributed by atoms with Gasteiger partial charge in [-0.15, -0.1) is 0 Å². The number of hydrogen-bond acceptors (Lipinski definition) is 6. The summed E-state index contributed by atoms with van der Waals surface area (Å²) in [5.41, 5.74) is 0.538. The van der Waals surface area contributed by atoms with E-state index in [9.17, 15) is 18.9 Å². The molecule has 2 heterocycles. The van der Waals surface area contributed by atoms with Gasteiger partial charge >= 0.3 is 0 Å². The maximum Gasteiger partial charge on any atom is 0.270 e. The van der Waals surface area contributed by atoms with Crippen LogP contribution in [-0.2, 0) is 0 Å². The van der Waals surface area contributed by atoms with Crippen LogP contribution < -0.4 is 4.74 Å². The fourth-order valence-corrected chi connectivity index (χ4v) is 2.53. The van der Waals surface area contributed by atoms with Crippen LogP contribution in [-0.4, -0.2) is 21.7 Å². The second kappa shape index (κ2) is 6.03. The summed E-state index contributed by atoms with van der Waals surface area (Å²) in [6, 6.07) is 7.12. The van der Waals surface area contributed by atoms with Crippen molar-refractivity contribution in [1.29, 1.82) is 0 Å². The summed E-state index contributed by atoms with van der Waals surface area (Å²) >= 11 is 0. The van der Waals surface area contributed by atoms with Crippen LogP contribution in [0.25, 0.3) is 23.1 Å². The first-order chi connectivity index (χ1) is 12.5. The van der Waals surface area contributed by atoms with Gasteiger partial charge in [0.2, 0.25) is 5.82 Å². The van der Waals surface area contributed by atoms with Gasteiger partial charge in [0, 0.05) is 23.3 Å². The van der Waals surface area contributed by atoms with Crippen LogP contribution in [0.1, 0.15) is 11.4 Å². The fraction of sp³-hybridized carbons (Fsp3) is 0.0588. The summed E-state index contributed by atoms with van der Waals surface area (Å²) in [7, 11) is 0. The highest BCUT2D eigenvalue weighted by Crippen LogP contribution is 2.32. The van der Waals surface area contributed by atoms with Crippen molar-refractivity contribution >= 4 is 17.3 Å². The van der Waals surface area contributed by atoms with Crippen molar-refractivity contribution < 1.29 is 23.0 Å². The van der Waals surface area contributed by atoms with Crippen LogP contribution in [0.4, 0.5) is 14.5 Å². The van der Waals surface area contributed by atoms with Crippen LogP contribution in [0.5, 0.6) is 5.75 Å². The van der Waals surface area contributed by atoms with Crippen LogP contribution in [0.15, 0.2) is 40.9 Å². The highest BCUT2D eigenvalue weighted by molar-refractivity contribution is 5.83. The highest BCUT2D eigenvalue weighted by Gasteiger charge is 2.21. The average Bonchev–Trinajstić information content (AvgIpc) is 3.11. The number of rotatable bonds is 3. The number of nitro groups is 1. The van der Waals surface area contributed by atoms with Crippen LogP contribution >= 0.6 is 0 Å². The second-order valence-electron chi connectivity index (χ2n) is 5.48. The van der Waals surface area contributed by atoms with Crippen molar-refractivity contribution in [2.45, 2.75) is 0 Å². The van der Waals surface area contributed by atoms with Gasteiger partial charge in [-0.2, -0.15) is 4.98 Å². The lowest BCUT2D eigenvalue weighted by atomic mass is 10.1. The van der Waals surface area contributed by atoms with E-state index >= 15 is 0 Å². The van der Waals surface area contributed by atoms with Gasteiger partial charge in [-0.25, -0.2) is 8.78 Å². The Hall–Kier alpha value is -3.62. The van der Waals surface area contributed by atoms with Crippen molar-refractivity contribution in [3.63, 3.8) is 0 Å². The molecule has 7 nitrogen and oxygen atoms in total. The summed E-state index contributed by atoms with van der Waals surface area (Å²) in [5, 5.41) is 14.6. The van der Waals surface area contributed by atoms with Crippen LogP contribution in [0.3, 0.4) is 0 Å². The monoisotopic (exact) mass is 357 g/mol. The summed E-state index contributed by atoms with van der Waals surface area (Å²) in [6.45, 7) is 0.120. The number of fused-ring (bicyclic) bond motifs is 1. The molecule has 0 bridgehead atoms. The molecule has 4 rings (SSSR count). The third-order valence-electron chi connectivity index (χ3n) is 3.79. The minimum absolute atomic E-state index is 0.120. The van der Waals surface area contributed by atoms with Crippen LogP contribution in [0, 0.1) is 21.7 Å². The number of benzene rings is 2. The van der Waals surface area contributed by atoms with E-state index in [-0.39, 0.29) is 29.6 Å². The molecule has 0 N–H and O–H groups in total. The molecule has 0 atom stereocenters. The molecule has 1 aliphatic rings. The Morgan fingerprint density at radius 1 is 1.15 bits per heavy atom. The zero-order valence-electron chi connectivity index (χ0n) is 13.0. The first kappa shape index (κ1) is 15.9. The predicted octanol–water partition coefficient (Wildman–Crippen LogP) is 3.86. The number of nitrogens with zero attached hydrogens (tertiary/aromatic N) is 3. The SMILES string of the molecule is O=[N+]([O-])c1ccc(F)c(-c2nc(C3=Cc4cc(F)ccc4OC3)no2)c1. The zero-order chi connectivity index (χ0) is 18.3. The van der Waals surface area contributed by atoms with E-state index in [1.807, 2.05) is 0 Å². The molecule has 0 spiro atoms. The lowest BCUT2D eigenvalue weighted by Gasteiger charge is -2.15. The number of aromatic nitrogens is 2. The molecule has 0 fully saturated rings. The average molecular weight is 357 g/mol. The molecule has 26 heavy (non-hydrogen) atoms. The van der Waals surface area contributed by atoms with Crippen molar-refractivity contribution in [3.8, 4) is 17.2 Å². The van der Waals surface area contributed by atoms with Gasteiger partial charge in [0.05, 0.1) is 10.5 Å². The number of nitro benzene ring substituents is 1. The Bertz CT molecular complexity index is 1060. The number of halogens is 2. The van der Waals surface area contributed by atoms with E-state index < -0.39 is 16.6 Å². The van der Waals surface area contributed by atoms with E-state index in [2.05, 4.69) is 10.1 Å². The fourth-order valence-electron chi connectivity index (χ4n) is 2.53. The Kier molecular flexibility index (Phi) is 3.68. The predicted molar refractivity (Wildman–Crippen MR) is 86.1 cm³/mol. The second-order valence-corrected chi connectivity index (χ2v) is 5.48. The molecule has 0 aliphatic carbocycles. The van der Waals surface area contributed by atoms with Crippen molar-refractivity contribution in [2.24, 2.45) is 0 Å². The summed E-state index contributed by atoms with van der Waals surface area (Å²) in [6.07, 6.45) is 1.64. The molecule has 1 aromatic heterocycles. The van der Waals surface area contributed by atoms with E-state index in [4.69, 9.17) is 9.26 Å². The van der Waals surface area contributed by atoms with E-state index in [0.29, 0.717) is 16.9 Å². The maximum absolute atomic E-state index is 14.0. The van der Waals surface area contributed by atoms with Crippen molar-refractivity contribution in [1.82, 2.24) is 10.1 Å². The first-order valence-corrected chi connectivity index (χ1v) is 7.42. The Morgan fingerprint density at radius 3 is 2.81 bits per heavy atom. The Balaban J connectivity index is 1.71. The lowest BCUT2D eigenvalue weighted by Crippen LogP contribution is -2.07. The quantitative estimate of drug-likeness (QED) is 0.522. The van der Waals surface area contributed by atoms with Crippen molar-refractivity contribution in [3.05, 3.63) is 69.5 Å². The lowest BCUT2D eigenvalue weighted by molar-refractivity contribution is -0.384.